The minimum Gasteiger partial charge on any atom is -0.403 e. The maximum Gasteiger partial charge on any atom is 0.573 e. The van der Waals surface area contributed by atoms with Crippen molar-refractivity contribution < 1.29 is 27.1 Å². The molecule has 0 fully saturated rings. The quantitative estimate of drug-likeness (QED) is 0.592. The molecular formula is C10H5F4O2. The molecule has 0 N–H and O–H groups in total. The van der Waals surface area contributed by atoms with Gasteiger partial charge in [0.2, 0.25) is 6.29 Å². The second-order valence-electron chi connectivity index (χ2n) is 2.69. The van der Waals surface area contributed by atoms with Gasteiger partial charge in [0.1, 0.15) is 0 Å². The van der Waals surface area contributed by atoms with E-state index in [1.54, 1.807) is 0 Å². The fourth-order valence-corrected chi connectivity index (χ4v) is 0.958. The van der Waals surface area contributed by atoms with E-state index in [9.17, 15) is 22.4 Å². The molecule has 0 saturated heterocycles. The minimum atomic E-state index is -4.94. The Morgan fingerprint density at radius 3 is 2.50 bits per heavy atom. The summed E-state index contributed by atoms with van der Waals surface area (Å²) in [6, 6.07) is 2.82. The first-order chi connectivity index (χ1) is 7.42. The molecule has 0 aromatic heterocycles. The highest BCUT2D eigenvalue weighted by Crippen LogP contribution is 2.26. The van der Waals surface area contributed by atoms with Gasteiger partial charge in [-0.25, -0.2) is 4.39 Å². The molecular weight excluding hydrogens is 228 g/mol. The van der Waals surface area contributed by atoms with Gasteiger partial charge in [0.25, 0.3) is 0 Å². The van der Waals surface area contributed by atoms with E-state index >= 15 is 0 Å². The van der Waals surface area contributed by atoms with Gasteiger partial charge >= 0.3 is 6.36 Å². The first-order valence-corrected chi connectivity index (χ1v) is 4.02. The van der Waals surface area contributed by atoms with Gasteiger partial charge in [-0.1, -0.05) is 12.1 Å². The lowest BCUT2D eigenvalue weighted by molar-refractivity contribution is -0.275. The maximum atomic E-state index is 13.1. The molecule has 85 valence electrons. The highest BCUT2D eigenvalue weighted by molar-refractivity contribution is 5.74. The summed E-state index contributed by atoms with van der Waals surface area (Å²) in [5.74, 6) is -2.08. The van der Waals surface area contributed by atoms with E-state index in [2.05, 4.69) is 4.74 Å². The van der Waals surface area contributed by atoms with Crippen molar-refractivity contribution in [1.82, 2.24) is 0 Å². The number of halogens is 4. The summed E-state index contributed by atoms with van der Waals surface area (Å²) >= 11 is 0. The van der Waals surface area contributed by atoms with Gasteiger partial charge in [-0.2, -0.15) is 0 Å². The fraction of sp³-hybridized carbons (Fsp3) is 0.100. The highest BCUT2D eigenvalue weighted by Gasteiger charge is 2.32. The largest absolute Gasteiger partial charge is 0.573 e. The summed E-state index contributed by atoms with van der Waals surface area (Å²) in [6.45, 7) is 0. The Morgan fingerprint density at radius 2 is 2.00 bits per heavy atom. The van der Waals surface area contributed by atoms with Crippen LogP contribution in [0.4, 0.5) is 17.6 Å². The maximum absolute atomic E-state index is 13.1. The van der Waals surface area contributed by atoms with Crippen LogP contribution in [0.15, 0.2) is 24.3 Å². The standard InChI is InChI=1S/C10H5F4O2/c11-8-6-7(2-1-5-15)3-4-9(8)16-10(12,13)14/h1-4,6H/b2-1+. The van der Waals surface area contributed by atoms with E-state index in [4.69, 9.17) is 0 Å². The minimum absolute atomic E-state index is 0.232. The van der Waals surface area contributed by atoms with E-state index < -0.39 is 17.9 Å². The molecule has 1 aromatic rings. The van der Waals surface area contributed by atoms with Crippen LogP contribution in [0.1, 0.15) is 5.56 Å². The van der Waals surface area contributed by atoms with Crippen molar-refractivity contribution in [3.8, 4) is 5.75 Å². The van der Waals surface area contributed by atoms with Crippen molar-refractivity contribution in [2.75, 3.05) is 0 Å². The lowest BCUT2D eigenvalue weighted by atomic mass is 10.2. The average Bonchev–Trinajstić information content (AvgIpc) is 2.17. The number of alkyl halides is 3. The summed E-state index contributed by atoms with van der Waals surface area (Å²) in [6.07, 6.45) is -1.34. The predicted molar refractivity (Wildman–Crippen MR) is 47.8 cm³/mol. The summed E-state index contributed by atoms with van der Waals surface area (Å²) < 4.78 is 51.8. The van der Waals surface area contributed by atoms with Gasteiger partial charge in [-0.15, -0.1) is 13.2 Å². The van der Waals surface area contributed by atoms with E-state index in [1.807, 2.05) is 0 Å². The molecule has 0 atom stereocenters. The molecule has 0 saturated carbocycles. The van der Waals surface area contributed by atoms with Gasteiger partial charge in [-0.05, 0) is 23.8 Å². The number of carbonyl (C=O) groups excluding carboxylic acids is 1. The molecule has 1 aromatic carbocycles. The third-order valence-electron chi connectivity index (χ3n) is 1.53. The van der Waals surface area contributed by atoms with Crippen LogP contribution in [-0.4, -0.2) is 12.6 Å². The van der Waals surface area contributed by atoms with Crippen LogP contribution in [-0.2, 0) is 4.79 Å². The second-order valence-corrected chi connectivity index (χ2v) is 2.69. The van der Waals surface area contributed by atoms with Crippen molar-refractivity contribution in [2.24, 2.45) is 0 Å². The predicted octanol–water partition coefficient (Wildman–Crippen LogP) is 2.85. The SMILES string of the molecule is O=[C]/C=C/c1ccc(OC(F)(F)F)c(F)c1. The van der Waals surface area contributed by atoms with Crippen LogP contribution in [0.25, 0.3) is 6.08 Å². The van der Waals surface area contributed by atoms with E-state index in [0.717, 1.165) is 18.2 Å². The molecule has 0 aliphatic heterocycles. The Kier molecular flexibility index (Phi) is 3.65. The van der Waals surface area contributed by atoms with Gasteiger partial charge in [0.15, 0.2) is 11.6 Å². The number of hydrogen-bond donors (Lipinski definition) is 0. The van der Waals surface area contributed by atoms with E-state index in [0.29, 0.717) is 0 Å². The van der Waals surface area contributed by atoms with Crippen molar-refractivity contribution in [2.45, 2.75) is 6.36 Å². The summed E-state index contributed by atoms with van der Waals surface area (Å²) in [4.78, 5) is 9.84. The summed E-state index contributed by atoms with van der Waals surface area (Å²) in [5.41, 5.74) is 0.232. The number of benzene rings is 1. The third-order valence-corrected chi connectivity index (χ3v) is 1.53. The summed E-state index contributed by atoms with van der Waals surface area (Å²) in [5, 5.41) is 0. The normalized spacial score (nSPS) is 11.8. The molecule has 0 aliphatic rings. The fourth-order valence-electron chi connectivity index (χ4n) is 0.958. The third kappa shape index (κ3) is 3.72. The van der Waals surface area contributed by atoms with Gasteiger partial charge in [-0.3, -0.25) is 4.79 Å². The lowest BCUT2D eigenvalue weighted by Gasteiger charge is -2.09. The zero-order chi connectivity index (χ0) is 12.2. The molecule has 0 unspecified atom stereocenters. The van der Waals surface area contributed by atoms with Crippen molar-refractivity contribution >= 4 is 12.4 Å². The molecule has 0 spiro atoms. The number of hydrogen-bond acceptors (Lipinski definition) is 2. The van der Waals surface area contributed by atoms with Gasteiger partial charge in [0.05, 0.1) is 0 Å². The van der Waals surface area contributed by atoms with Crippen LogP contribution >= 0.6 is 0 Å². The highest BCUT2D eigenvalue weighted by atomic mass is 19.4. The van der Waals surface area contributed by atoms with Gasteiger partial charge in [0, 0.05) is 0 Å². The zero-order valence-corrected chi connectivity index (χ0v) is 7.72. The Labute approximate surface area is 88.1 Å². The van der Waals surface area contributed by atoms with Gasteiger partial charge < -0.3 is 4.74 Å². The second kappa shape index (κ2) is 4.78. The Bertz CT molecular complexity index is 410. The molecule has 0 amide bonds. The number of ether oxygens (including phenoxy) is 1. The van der Waals surface area contributed by atoms with Crippen LogP contribution < -0.4 is 4.74 Å². The molecule has 2 nitrogen and oxygen atoms in total. The molecule has 6 heteroatoms. The average molecular weight is 233 g/mol. The van der Waals surface area contributed by atoms with Crippen LogP contribution in [0, 0.1) is 5.82 Å². The van der Waals surface area contributed by atoms with Crippen LogP contribution in [0.3, 0.4) is 0 Å². The number of allylic oxidation sites excluding steroid dienone is 1. The smallest absolute Gasteiger partial charge is 0.403 e. The molecule has 1 radical (unpaired) electrons. The molecule has 0 bridgehead atoms. The first kappa shape index (κ1) is 12.2. The van der Waals surface area contributed by atoms with Crippen LogP contribution in [0.5, 0.6) is 5.75 Å². The molecule has 16 heavy (non-hydrogen) atoms. The lowest BCUT2D eigenvalue weighted by Crippen LogP contribution is -2.17. The first-order valence-electron chi connectivity index (χ1n) is 4.02. The molecule has 0 aliphatic carbocycles. The Morgan fingerprint density at radius 1 is 1.31 bits per heavy atom. The van der Waals surface area contributed by atoms with Crippen molar-refractivity contribution in [3.05, 3.63) is 35.7 Å². The van der Waals surface area contributed by atoms with E-state index in [-0.39, 0.29) is 5.56 Å². The Balaban J connectivity index is 2.91. The Hall–Kier alpha value is -1.85. The summed E-state index contributed by atoms with van der Waals surface area (Å²) in [7, 11) is 0. The van der Waals surface area contributed by atoms with Crippen molar-refractivity contribution in [1.29, 1.82) is 0 Å². The topological polar surface area (TPSA) is 26.3 Å². The molecule has 0 heterocycles. The zero-order valence-electron chi connectivity index (χ0n) is 7.72. The van der Waals surface area contributed by atoms with Crippen LogP contribution in [0.2, 0.25) is 0 Å². The van der Waals surface area contributed by atoms with E-state index in [1.165, 1.54) is 18.4 Å². The molecule has 1 rings (SSSR count). The monoisotopic (exact) mass is 233 g/mol. The number of rotatable bonds is 3. The van der Waals surface area contributed by atoms with Crippen molar-refractivity contribution in [3.63, 3.8) is 0 Å².